The molecule has 156 valence electrons. The van der Waals surface area contributed by atoms with Crippen LogP contribution in [0.2, 0.25) is 0 Å². The second-order valence-electron chi connectivity index (χ2n) is 6.90. The van der Waals surface area contributed by atoms with Crippen molar-refractivity contribution < 1.29 is 13.9 Å². The number of ether oxygens (including phenoxy) is 1. The van der Waals surface area contributed by atoms with E-state index in [4.69, 9.17) is 4.74 Å². The summed E-state index contributed by atoms with van der Waals surface area (Å²) < 4.78 is 20.8. The molecule has 1 amide bonds. The number of hydrogen-bond acceptors (Lipinski definition) is 6. The SMILES string of the molecule is Cc1cccc(-n2c(SCC(=O)Nc3cccc(F)c3)nnc2N2CCOCC2)c1. The van der Waals surface area contributed by atoms with Crippen LogP contribution in [0.15, 0.2) is 53.7 Å². The number of carbonyl (C=O) groups excluding carboxylic acids is 1. The largest absolute Gasteiger partial charge is 0.378 e. The molecule has 3 aromatic rings. The number of nitrogens with one attached hydrogen (secondary N) is 1. The maximum Gasteiger partial charge on any atom is 0.234 e. The van der Waals surface area contributed by atoms with Crippen LogP contribution in [0, 0.1) is 12.7 Å². The second-order valence-corrected chi connectivity index (χ2v) is 7.85. The summed E-state index contributed by atoms with van der Waals surface area (Å²) in [4.78, 5) is 14.5. The van der Waals surface area contributed by atoms with Gasteiger partial charge < -0.3 is 15.0 Å². The highest BCUT2D eigenvalue weighted by Crippen LogP contribution is 2.27. The fourth-order valence-electron chi connectivity index (χ4n) is 3.21. The Morgan fingerprint density at radius 3 is 2.73 bits per heavy atom. The summed E-state index contributed by atoms with van der Waals surface area (Å²) in [6.45, 7) is 4.77. The Bertz CT molecular complexity index is 1040. The summed E-state index contributed by atoms with van der Waals surface area (Å²) in [6, 6.07) is 13.9. The minimum absolute atomic E-state index is 0.129. The van der Waals surface area contributed by atoms with Crippen LogP contribution >= 0.6 is 11.8 Å². The summed E-state index contributed by atoms with van der Waals surface area (Å²) in [5.74, 6) is 0.230. The summed E-state index contributed by atoms with van der Waals surface area (Å²) in [6.07, 6.45) is 0. The molecule has 7 nitrogen and oxygen atoms in total. The Morgan fingerprint density at radius 2 is 1.97 bits per heavy atom. The molecule has 1 aliphatic heterocycles. The van der Waals surface area contributed by atoms with Crippen molar-refractivity contribution in [2.45, 2.75) is 12.1 Å². The lowest BCUT2D eigenvalue weighted by Crippen LogP contribution is -2.37. The van der Waals surface area contributed by atoms with Crippen molar-refractivity contribution in [1.29, 1.82) is 0 Å². The molecular weight excluding hydrogens is 405 g/mol. The molecule has 4 rings (SSSR count). The second kappa shape index (κ2) is 9.27. The molecule has 0 unspecified atom stereocenters. The number of nitrogens with zero attached hydrogens (tertiary/aromatic N) is 4. The van der Waals surface area contributed by atoms with Crippen LogP contribution in [0.3, 0.4) is 0 Å². The van der Waals surface area contributed by atoms with Gasteiger partial charge in [-0.1, -0.05) is 30.0 Å². The van der Waals surface area contributed by atoms with Gasteiger partial charge in [0, 0.05) is 18.8 Å². The highest BCUT2D eigenvalue weighted by molar-refractivity contribution is 7.99. The smallest absolute Gasteiger partial charge is 0.234 e. The van der Waals surface area contributed by atoms with E-state index in [0.29, 0.717) is 24.1 Å². The van der Waals surface area contributed by atoms with E-state index < -0.39 is 5.82 Å². The first-order valence-corrected chi connectivity index (χ1v) is 10.6. The quantitative estimate of drug-likeness (QED) is 0.609. The van der Waals surface area contributed by atoms with Crippen molar-refractivity contribution in [2.24, 2.45) is 0 Å². The van der Waals surface area contributed by atoms with Gasteiger partial charge >= 0.3 is 0 Å². The highest BCUT2D eigenvalue weighted by atomic mass is 32.2. The van der Waals surface area contributed by atoms with E-state index in [1.54, 1.807) is 12.1 Å². The minimum atomic E-state index is -0.394. The predicted octanol–water partition coefficient (Wildman–Crippen LogP) is 3.28. The lowest BCUT2D eigenvalue weighted by molar-refractivity contribution is -0.113. The third-order valence-electron chi connectivity index (χ3n) is 4.61. The van der Waals surface area contributed by atoms with E-state index >= 15 is 0 Å². The van der Waals surface area contributed by atoms with Crippen molar-refractivity contribution in [3.05, 3.63) is 59.9 Å². The number of anilines is 2. The van der Waals surface area contributed by atoms with Crippen molar-refractivity contribution in [3.8, 4) is 5.69 Å². The molecule has 0 atom stereocenters. The van der Waals surface area contributed by atoms with Crippen molar-refractivity contribution in [3.63, 3.8) is 0 Å². The van der Waals surface area contributed by atoms with Gasteiger partial charge in [-0.05, 0) is 42.8 Å². The molecular formula is C21H22FN5O2S. The van der Waals surface area contributed by atoms with E-state index in [2.05, 4.69) is 26.5 Å². The van der Waals surface area contributed by atoms with Crippen LogP contribution in [0.25, 0.3) is 5.69 Å². The van der Waals surface area contributed by atoms with E-state index in [1.807, 2.05) is 29.7 Å². The minimum Gasteiger partial charge on any atom is -0.378 e. The van der Waals surface area contributed by atoms with E-state index in [9.17, 15) is 9.18 Å². The number of aryl methyl sites for hydroxylation is 1. The monoisotopic (exact) mass is 427 g/mol. The number of halogens is 1. The first-order chi connectivity index (χ1) is 14.6. The van der Waals surface area contributed by atoms with Gasteiger partial charge in [0.2, 0.25) is 11.9 Å². The molecule has 30 heavy (non-hydrogen) atoms. The van der Waals surface area contributed by atoms with Gasteiger partial charge in [-0.15, -0.1) is 10.2 Å². The van der Waals surface area contributed by atoms with E-state index in [-0.39, 0.29) is 11.7 Å². The Balaban J connectivity index is 1.55. The van der Waals surface area contributed by atoms with Gasteiger partial charge in [-0.25, -0.2) is 4.39 Å². The Labute approximate surface area is 178 Å². The lowest BCUT2D eigenvalue weighted by atomic mass is 10.2. The molecule has 2 aromatic carbocycles. The zero-order valence-corrected chi connectivity index (χ0v) is 17.4. The Morgan fingerprint density at radius 1 is 1.17 bits per heavy atom. The summed E-state index contributed by atoms with van der Waals surface area (Å²) in [5.41, 5.74) is 2.48. The molecule has 0 spiro atoms. The van der Waals surface area contributed by atoms with Crippen LogP contribution in [-0.2, 0) is 9.53 Å². The molecule has 1 aliphatic rings. The van der Waals surface area contributed by atoms with E-state index in [1.165, 1.54) is 23.9 Å². The van der Waals surface area contributed by atoms with Gasteiger partial charge in [0.1, 0.15) is 5.82 Å². The maximum absolute atomic E-state index is 13.3. The third kappa shape index (κ3) is 4.80. The fraction of sp³-hybridized carbons (Fsp3) is 0.286. The van der Waals surface area contributed by atoms with Crippen molar-refractivity contribution in [2.75, 3.05) is 42.3 Å². The summed E-state index contributed by atoms with van der Waals surface area (Å²) in [7, 11) is 0. The van der Waals surface area contributed by atoms with Crippen LogP contribution in [0.1, 0.15) is 5.56 Å². The number of hydrogen-bond donors (Lipinski definition) is 1. The van der Waals surface area contributed by atoms with Crippen molar-refractivity contribution in [1.82, 2.24) is 14.8 Å². The topological polar surface area (TPSA) is 72.3 Å². The Kier molecular flexibility index (Phi) is 6.29. The number of carbonyl (C=O) groups is 1. The number of amides is 1. The molecule has 1 fully saturated rings. The van der Waals surface area contributed by atoms with Gasteiger partial charge in [-0.3, -0.25) is 9.36 Å². The van der Waals surface area contributed by atoms with Crippen LogP contribution in [-0.4, -0.2) is 52.7 Å². The average Bonchev–Trinajstić information content (AvgIpc) is 3.17. The molecule has 0 radical (unpaired) electrons. The summed E-state index contributed by atoms with van der Waals surface area (Å²) >= 11 is 1.29. The van der Waals surface area contributed by atoms with Crippen molar-refractivity contribution >= 4 is 29.3 Å². The normalized spacial score (nSPS) is 14.0. The van der Waals surface area contributed by atoms with Crippen LogP contribution < -0.4 is 10.2 Å². The van der Waals surface area contributed by atoms with E-state index in [0.717, 1.165) is 30.3 Å². The first-order valence-electron chi connectivity index (χ1n) is 9.63. The number of morpholine rings is 1. The van der Waals surface area contributed by atoms with Gasteiger partial charge in [-0.2, -0.15) is 0 Å². The molecule has 0 bridgehead atoms. The van der Waals surface area contributed by atoms with Gasteiger partial charge in [0.05, 0.1) is 24.7 Å². The Hall–Kier alpha value is -2.91. The zero-order valence-electron chi connectivity index (χ0n) is 16.5. The number of aromatic nitrogens is 3. The molecule has 1 aromatic heterocycles. The third-order valence-corrected chi connectivity index (χ3v) is 5.54. The van der Waals surface area contributed by atoms with Gasteiger partial charge in [0.25, 0.3) is 0 Å². The lowest BCUT2D eigenvalue weighted by Gasteiger charge is -2.28. The molecule has 2 heterocycles. The number of benzene rings is 2. The zero-order chi connectivity index (χ0) is 20.9. The molecule has 9 heteroatoms. The predicted molar refractivity (Wildman–Crippen MR) is 115 cm³/mol. The molecule has 1 N–H and O–H groups in total. The molecule has 1 saturated heterocycles. The first kappa shape index (κ1) is 20.4. The van der Waals surface area contributed by atoms with Crippen LogP contribution in [0.4, 0.5) is 16.0 Å². The molecule has 0 aliphatic carbocycles. The van der Waals surface area contributed by atoms with Gasteiger partial charge in [0.15, 0.2) is 5.16 Å². The number of thioether (sulfide) groups is 1. The highest BCUT2D eigenvalue weighted by Gasteiger charge is 2.22. The average molecular weight is 428 g/mol. The maximum atomic E-state index is 13.3. The van der Waals surface area contributed by atoms with Crippen LogP contribution in [0.5, 0.6) is 0 Å². The standard InChI is InChI=1S/C21H22FN5O2S/c1-15-4-2-7-18(12-15)27-20(26-8-10-29-11-9-26)24-25-21(27)30-14-19(28)23-17-6-3-5-16(22)13-17/h2-7,12-13H,8-11,14H2,1H3,(H,23,28). The fourth-order valence-corrected chi connectivity index (χ4v) is 3.96. The summed E-state index contributed by atoms with van der Waals surface area (Å²) in [5, 5.41) is 12.1. The molecule has 0 saturated carbocycles. The number of rotatable bonds is 6.